The van der Waals surface area contributed by atoms with E-state index >= 15 is 0 Å². The lowest BCUT2D eigenvalue weighted by atomic mass is 9.85. The molecule has 0 amide bonds. The number of aliphatic hydroxyl groups excluding tert-OH is 3. The lowest BCUT2D eigenvalue weighted by molar-refractivity contribution is -0.136. The molecule has 4 atom stereocenters. The van der Waals surface area contributed by atoms with Crippen molar-refractivity contribution in [2.24, 2.45) is 5.92 Å². The van der Waals surface area contributed by atoms with Gasteiger partial charge in [-0.05, 0) is 38.5 Å². The molecular weight excluding hydrogens is 246 g/mol. The van der Waals surface area contributed by atoms with Gasteiger partial charge in [-0.2, -0.15) is 0 Å². The minimum atomic E-state index is -1.02. The van der Waals surface area contributed by atoms with Gasteiger partial charge in [-0.25, -0.2) is 0 Å². The van der Waals surface area contributed by atoms with E-state index in [-0.39, 0.29) is 6.04 Å². The molecule has 1 saturated heterocycles. The van der Waals surface area contributed by atoms with Gasteiger partial charge < -0.3 is 20.1 Å². The van der Waals surface area contributed by atoms with Gasteiger partial charge in [-0.15, -0.1) is 0 Å². The molecule has 0 unspecified atom stereocenters. The van der Waals surface area contributed by atoms with Gasteiger partial charge in [0.1, 0.15) is 6.10 Å². The van der Waals surface area contributed by atoms with Gasteiger partial charge in [0.25, 0.3) is 0 Å². The number of likely N-dealkylation sites (tertiary alicyclic amines) is 1. The number of aliphatic hydroxyl groups is 3. The van der Waals surface area contributed by atoms with E-state index < -0.39 is 18.3 Å². The maximum Gasteiger partial charge on any atom is 0.108 e. The van der Waals surface area contributed by atoms with Crippen LogP contribution >= 0.6 is 0 Å². The van der Waals surface area contributed by atoms with Crippen LogP contribution < -0.4 is 0 Å². The maximum atomic E-state index is 9.92. The smallest absolute Gasteiger partial charge is 0.108 e. The Labute approximate surface area is 115 Å². The number of rotatable bonds is 3. The van der Waals surface area contributed by atoms with Crippen LogP contribution in [0.3, 0.4) is 0 Å². The van der Waals surface area contributed by atoms with E-state index in [9.17, 15) is 15.3 Å². The summed E-state index contributed by atoms with van der Waals surface area (Å²) < 4.78 is 5.37. The Morgan fingerprint density at radius 3 is 2.26 bits per heavy atom. The first-order valence-corrected chi connectivity index (χ1v) is 7.34. The first-order valence-electron chi connectivity index (χ1n) is 7.34. The van der Waals surface area contributed by atoms with Crippen LogP contribution in [0.1, 0.15) is 32.6 Å². The third kappa shape index (κ3) is 3.47. The molecule has 0 spiro atoms. The van der Waals surface area contributed by atoms with Gasteiger partial charge >= 0.3 is 0 Å². The van der Waals surface area contributed by atoms with Gasteiger partial charge in [0.05, 0.1) is 18.3 Å². The Morgan fingerprint density at radius 1 is 1.05 bits per heavy atom. The average Bonchev–Trinajstić information content (AvgIpc) is 2.43. The molecule has 1 saturated carbocycles. The Bertz CT molecular complexity index is 281. The number of hydrogen-bond donors (Lipinski definition) is 3. The minimum absolute atomic E-state index is 0.0986. The molecule has 0 aromatic heterocycles. The number of ether oxygens (including phenoxy) is 1. The second-order valence-corrected chi connectivity index (χ2v) is 6.12. The molecular formula is C14H27NO4. The van der Waals surface area contributed by atoms with Crippen molar-refractivity contribution in [1.29, 1.82) is 0 Å². The van der Waals surface area contributed by atoms with Crippen molar-refractivity contribution in [2.45, 2.75) is 63.1 Å². The quantitative estimate of drug-likeness (QED) is 0.674. The van der Waals surface area contributed by atoms with Crippen molar-refractivity contribution < 1.29 is 20.1 Å². The molecule has 0 bridgehead atoms. The number of piperidine rings is 1. The zero-order valence-electron chi connectivity index (χ0n) is 11.9. The van der Waals surface area contributed by atoms with Crippen LogP contribution in [-0.2, 0) is 4.74 Å². The first kappa shape index (κ1) is 15.2. The van der Waals surface area contributed by atoms with Crippen molar-refractivity contribution in [3.8, 4) is 0 Å². The van der Waals surface area contributed by atoms with Crippen LogP contribution in [0.2, 0.25) is 0 Å². The van der Waals surface area contributed by atoms with Crippen LogP contribution in [-0.4, -0.2) is 70.9 Å². The molecule has 19 heavy (non-hydrogen) atoms. The topological polar surface area (TPSA) is 73.2 Å². The Morgan fingerprint density at radius 2 is 1.68 bits per heavy atom. The maximum absolute atomic E-state index is 9.92. The largest absolute Gasteiger partial charge is 0.389 e. The number of hydrogen-bond acceptors (Lipinski definition) is 5. The normalized spacial score (nSPS) is 45.3. The van der Waals surface area contributed by atoms with E-state index in [4.69, 9.17) is 4.74 Å². The van der Waals surface area contributed by atoms with E-state index in [1.165, 1.54) is 0 Å². The van der Waals surface area contributed by atoms with Gasteiger partial charge in [0.2, 0.25) is 0 Å². The summed E-state index contributed by atoms with van der Waals surface area (Å²) in [4.78, 5) is 2.11. The predicted octanol–water partition coefficient (Wildman–Crippen LogP) is -0.0216. The molecule has 0 aromatic rings. The fourth-order valence-corrected chi connectivity index (χ4v) is 3.37. The van der Waals surface area contributed by atoms with Gasteiger partial charge in [-0.1, -0.05) is 0 Å². The summed E-state index contributed by atoms with van der Waals surface area (Å²) in [6.45, 7) is 3.25. The molecule has 0 aromatic carbocycles. The average molecular weight is 273 g/mol. The fourth-order valence-electron chi connectivity index (χ4n) is 3.37. The van der Waals surface area contributed by atoms with Crippen LogP contribution in [0, 0.1) is 5.92 Å². The molecule has 2 aliphatic rings. The number of nitrogens with zero attached hydrogens (tertiary/aromatic N) is 1. The fraction of sp³-hybridized carbons (Fsp3) is 1.00. The summed E-state index contributed by atoms with van der Waals surface area (Å²) in [7, 11) is 1.77. The summed E-state index contributed by atoms with van der Waals surface area (Å²) in [5.74, 6) is 0.600. The highest BCUT2D eigenvalue weighted by Crippen LogP contribution is 2.28. The number of methoxy groups -OCH3 is 1. The van der Waals surface area contributed by atoms with Crippen molar-refractivity contribution in [3.63, 3.8) is 0 Å². The van der Waals surface area contributed by atoms with E-state index in [0.29, 0.717) is 18.6 Å². The van der Waals surface area contributed by atoms with Crippen LogP contribution in [0.25, 0.3) is 0 Å². The zero-order valence-corrected chi connectivity index (χ0v) is 11.9. The van der Waals surface area contributed by atoms with Gasteiger partial charge in [-0.3, -0.25) is 4.90 Å². The highest BCUT2D eigenvalue weighted by molar-refractivity contribution is 4.93. The Balaban J connectivity index is 1.85. The molecule has 0 radical (unpaired) electrons. The van der Waals surface area contributed by atoms with Gasteiger partial charge in [0, 0.05) is 26.2 Å². The predicted molar refractivity (Wildman–Crippen MR) is 71.8 cm³/mol. The third-order valence-electron chi connectivity index (χ3n) is 4.86. The standard InChI is InChI=1S/C14H27NO4/c1-9-13(17)14(18)12(16)8-15(9)7-10-3-5-11(19-2)6-4-10/h9-14,16-18H,3-8H2,1-2H3/t9-,10?,11?,12+,13-,14-/m1/s1. The lowest BCUT2D eigenvalue weighted by Gasteiger charge is -2.44. The van der Waals surface area contributed by atoms with E-state index in [2.05, 4.69) is 4.90 Å². The molecule has 1 heterocycles. The zero-order chi connectivity index (χ0) is 14.0. The number of β-amino-alcohol motifs (C(OH)–C–C–N with tert-alkyl or cyclic N) is 1. The second kappa shape index (κ2) is 6.50. The van der Waals surface area contributed by atoms with Crippen LogP contribution in [0.15, 0.2) is 0 Å². The van der Waals surface area contributed by atoms with Crippen molar-refractivity contribution in [1.82, 2.24) is 4.90 Å². The van der Waals surface area contributed by atoms with Crippen molar-refractivity contribution in [2.75, 3.05) is 20.2 Å². The van der Waals surface area contributed by atoms with Crippen LogP contribution in [0.4, 0.5) is 0 Å². The summed E-state index contributed by atoms with van der Waals surface area (Å²) in [5.41, 5.74) is 0. The summed E-state index contributed by atoms with van der Waals surface area (Å²) >= 11 is 0. The molecule has 1 aliphatic heterocycles. The van der Waals surface area contributed by atoms with Crippen LogP contribution in [0.5, 0.6) is 0 Å². The van der Waals surface area contributed by atoms with Crippen molar-refractivity contribution in [3.05, 3.63) is 0 Å². The van der Waals surface area contributed by atoms with E-state index in [0.717, 1.165) is 32.2 Å². The lowest BCUT2D eigenvalue weighted by Crippen LogP contribution is -2.60. The van der Waals surface area contributed by atoms with E-state index in [1.54, 1.807) is 7.11 Å². The highest BCUT2D eigenvalue weighted by atomic mass is 16.5. The molecule has 3 N–H and O–H groups in total. The minimum Gasteiger partial charge on any atom is -0.389 e. The van der Waals surface area contributed by atoms with Gasteiger partial charge in [0.15, 0.2) is 0 Å². The summed E-state index contributed by atoms with van der Waals surface area (Å²) in [6.07, 6.45) is 2.13. The summed E-state index contributed by atoms with van der Waals surface area (Å²) in [6, 6.07) is -0.0986. The second-order valence-electron chi connectivity index (χ2n) is 6.12. The molecule has 5 nitrogen and oxygen atoms in total. The van der Waals surface area contributed by atoms with Crippen molar-refractivity contribution >= 4 is 0 Å². The molecule has 2 fully saturated rings. The highest BCUT2D eigenvalue weighted by Gasteiger charge is 2.39. The molecule has 1 aliphatic carbocycles. The third-order valence-corrected chi connectivity index (χ3v) is 4.86. The monoisotopic (exact) mass is 273 g/mol. The molecule has 112 valence electrons. The van der Waals surface area contributed by atoms with E-state index in [1.807, 2.05) is 6.92 Å². The summed E-state index contributed by atoms with van der Waals surface area (Å²) in [5, 5.41) is 29.4. The SMILES string of the molecule is COC1CCC(CN2C[C@H](O)[C@@H](O)[C@H](O)[C@H]2C)CC1. The molecule has 2 rings (SSSR count). The Kier molecular flexibility index (Phi) is 5.20. The Hall–Kier alpha value is -0.200. The molecule has 5 heteroatoms. The first-order chi connectivity index (χ1) is 9.02.